The van der Waals surface area contributed by atoms with Crippen LogP contribution in [0.15, 0.2) is 24.3 Å². The van der Waals surface area contributed by atoms with Crippen molar-refractivity contribution in [3.05, 3.63) is 34.9 Å². The average molecular weight is 299 g/mol. The molecule has 0 aliphatic carbocycles. The van der Waals surface area contributed by atoms with E-state index in [1.54, 1.807) is 6.07 Å². The highest BCUT2D eigenvalue weighted by molar-refractivity contribution is 6.32. The Labute approximate surface area is 121 Å². The largest absolute Gasteiger partial charge is 0.489 e. The molecule has 0 amide bonds. The van der Waals surface area contributed by atoms with Gasteiger partial charge in [-0.05, 0) is 17.7 Å². The highest BCUT2D eigenvalue weighted by atomic mass is 35.5. The van der Waals surface area contributed by atoms with E-state index in [9.17, 15) is 9.90 Å². The summed E-state index contributed by atoms with van der Waals surface area (Å²) in [4.78, 5) is 11.4. The standard InChI is InChI=1S/C14H15ClO5/c1-8(14(17)18-2)12(16)9-6-10(15)13-11(7-9)19-4-3-5-20-13/h6-7,12,16H,1,3-5H2,2H3. The van der Waals surface area contributed by atoms with Crippen LogP contribution in [0.1, 0.15) is 18.1 Å². The monoisotopic (exact) mass is 298 g/mol. The molecule has 0 spiro atoms. The highest BCUT2D eigenvalue weighted by Gasteiger charge is 2.23. The minimum atomic E-state index is -1.21. The summed E-state index contributed by atoms with van der Waals surface area (Å²) in [5.41, 5.74) is 0.327. The van der Waals surface area contributed by atoms with Crippen LogP contribution in [0.2, 0.25) is 5.02 Å². The minimum absolute atomic E-state index is 0.0712. The van der Waals surface area contributed by atoms with Gasteiger partial charge in [-0.1, -0.05) is 18.2 Å². The van der Waals surface area contributed by atoms with Gasteiger partial charge < -0.3 is 19.3 Å². The fraction of sp³-hybridized carbons (Fsp3) is 0.357. The normalized spacial score (nSPS) is 15.2. The van der Waals surface area contributed by atoms with Gasteiger partial charge in [0.05, 0.1) is 30.9 Å². The Bertz CT molecular complexity index is 541. The molecule has 0 aromatic heterocycles. The molecule has 0 saturated carbocycles. The maximum Gasteiger partial charge on any atom is 0.336 e. The number of benzene rings is 1. The van der Waals surface area contributed by atoms with Crippen LogP contribution in [0.3, 0.4) is 0 Å². The van der Waals surface area contributed by atoms with E-state index < -0.39 is 12.1 Å². The van der Waals surface area contributed by atoms with Gasteiger partial charge in [0, 0.05) is 6.42 Å². The Kier molecular flexibility index (Phi) is 4.52. The molecule has 1 aromatic rings. The van der Waals surface area contributed by atoms with E-state index in [0.717, 1.165) is 6.42 Å². The second-order valence-corrected chi connectivity index (χ2v) is 4.71. The van der Waals surface area contributed by atoms with Gasteiger partial charge >= 0.3 is 5.97 Å². The molecule has 0 radical (unpaired) electrons. The van der Waals surface area contributed by atoms with Gasteiger partial charge in [0.1, 0.15) is 6.10 Å². The van der Waals surface area contributed by atoms with E-state index >= 15 is 0 Å². The molecule has 2 rings (SSSR count). The lowest BCUT2D eigenvalue weighted by atomic mass is 10.0. The Morgan fingerprint density at radius 2 is 2.15 bits per heavy atom. The smallest absolute Gasteiger partial charge is 0.336 e. The SMILES string of the molecule is C=C(C(=O)OC)C(O)c1cc(Cl)c2c(c1)OCCCO2. The maximum atomic E-state index is 11.4. The van der Waals surface area contributed by atoms with Gasteiger partial charge in [0.15, 0.2) is 11.5 Å². The van der Waals surface area contributed by atoms with Crippen LogP contribution in [-0.4, -0.2) is 31.4 Å². The summed E-state index contributed by atoms with van der Waals surface area (Å²) < 4.78 is 15.5. The molecule has 1 aliphatic rings. The maximum absolute atomic E-state index is 11.4. The number of methoxy groups -OCH3 is 1. The zero-order valence-corrected chi connectivity index (χ0v) is 11.8. The molecule has 1 aliphatic heterocycles. The quantitative estimate of drug-likeness (QED) is 0.685. The Morgan fingerprint density at radius 1 is 1.45 bits per heavy atom. The molecule has 1 unspecified atom stereocenters. The molecule has 20 heavy (non-hydrogen) atoms. The minimum Gasteiger partial charge on any atom is -0.489 e. The number of ether oxygens (including phenoxy) is 3. The molecule has 0 bridgehead atoms. The number of hydrogen-bond acceptors (Lipinski definition) is 5. The molecule has 1 N–H and O–H groups in total. The first-order valence-corrected chi connectivity index (χ1v) is 6.46. The number of fused-ring (bicyclic) bond motifs is 1. The number of carbonyl (C=O) groups excluding carboxylic acids is 1. The fourth-order valence-electron chi connectivity index (χ4n) is 1.85. The predicted molar refractivity (Wildman–Crippen MR) is 73.2 cm³/mol. The van der Waals surface area contributed by atoms with Crippen molar-refractivity contribution in [3.8, 4) is 11.5 Å². The van der Waals surface area contributed by atoms with Crippen molar-refractivity contribution in [1.29, 1.82) is 0 Å². The summed E-state index contributed by atoms with van der Waals surface area (Å²) in [7, 11) is 1.22. The first kappa shape index (κ1) is 14.7. The van der Waals surface area contributed by atoms with Crippen molar-refractivity contribution >= 4 is 17.6 Å². The topological polar surface area (TPSA) is 65.0 Å². The summed E-state index contributed by atoms with van der Waals surface area (Å²) in [5.74, 6) is 0.214. The number of esters is 1. The van der Waals surface area contributed by atoms with E-state index in [0.29, 0.717) is 35.3 Å². The zero-order chi connectivity index (χ0) is 14.7. The molecule has 5 nitrogen and oxygen atoms in total. The fourth-order valence-corrected chi connectivity index (χ4v) is 2.13. The number of halogens is 1. The third kappa shape index (κ3) is 2.89. The van der Waals surface area contributed by atoms with Crippen molar-refractivity contribution in [2.75, 3.05) is 20.3 Å². The Morgan fingerprint density at radius 3 is 2.85 bits per heavy atom. The summed E-state index contributed by atoms with van der Waals surface area (Å²) in [6.07, 6.45) is -0.463. The summed E-state index contributed by atoms with van der Waals surface area (Å²) >= 11 is 6.12. The third-order valence-electron chi connectivity index (χ3n) is 2.92. The second kappa shape index (κ2) is 6.15. The Balaban J connectivity index is 2.34. The number of hydrogen-bond donors (Lipinski definition) is 1. The number of carbonyl (C=O) groups is 1. The lowest BCUT2D eigenvalue weighted by Gasteiger charge is -2.16. The molecular weight excluding hydrogens is 284 g/mol. The van der Waals surface area contributed by atoms with Crippen molar-refractivity contribution < 1.29 is 24.1 Å². The van der Waals surface area contributed by atoms with Gasteiger partial charge in [-0.15, -0.1) is 0 Å². The van der Waals surface area contributed by atoms with Crippen LogP contribution in [0.25, 0.3) is 0 Å². The lowest BCUT2D eigenvalue weighted by molar-refractivity contribution is -0.137. The summed E-state index contributed by atoms with van der Waals surface area (Å²) in [6.45, 7) is 4.54. The summed E-state index contributed by atoms with van der Waals surface area (Å²) in [6, 6.07) is 3.11. The van der Waals surface area contributed by atoms with Crippen LogP contribution in [0.4, 0.5) is 0 Å². The van der Waals surface area contributed by atoms with Crippen LogP contribution in [-0.2, 0) is 9.53 Å². The van der Waals surface area contributed by atoms with E-state index in [1.165, 1.54) is 13.2 Å². The molecule has 108 valence electrons. The van der Waals surface area contributed by atoms with Gasteiger partial charge in [-0.3, -0.25) is 0 Å². The van der Waals surface area contributed by atoms with Crippen molar-refractivity contribution in [3.63, 3.8) is 0 Å². The molecule has 1 heterocycles. The van der Waals surface area contributed by atoms with Gasteiger partial charge in [0.25, 0.3) is 0 Å². The van der Waals surface area contributed by atoms with Crippen molar-refractivity contribution in [2.45, 2.75) is 12.5 Å². The first-order chi connectivity index (χ1) is 9.54. The molecule has 1 atom stereocenters. The molecule has 0 saturated heterocycles. The zero-order valence-electron chi connectivity index (χ0n) is 11.0. The van der Waals surface area contributed by atoms with Crippen LogP contribution in [0.5, 0.6) is 11.5 Å². The highest BCUT2D eigenvalue weighted by Crippen LogP contribution is 2.40. The third-order valence-corrected chi connectivity index (χ3v) is 3.20. The van der Waals surface area contributed by atoms with Crippen molar-refractivity contribution in [2.24, 2.45) is 0 Å². The van der Waals surface area contributed by atoms with E-state index in [-0.39, 0.29) is 5.57 Å². The molecule has 6 heteroatoms. The number of rotatable bonds is 3. The van der Waals surface area contributed by atoms with Crippen LogP contribution >= 0.6 is 11.6 Å². The van der Waals surface area contributed by atoms with E-state index in [4.69, 9.17) is 21.1 Å². The number of aliphatic hydroxyl groups is 1. The van der Waals surface area contributed by atoms with Crippen LogP contribution in [0, 0.1) is 0 Å². The van der Waals surface area contributed by atoms with E-state index in [2.05, 4.69) is 11.3 Å². The predicted octanol–water partition coefficient (Wildman–Crippen LogP) is 2.26. The van der Waals surface area contributed by atoms with E-state index in [1.807, 2.05) is 0 Å². The molecule has 1 aromatic carbocycles. The molecule has 0 fully saturated rings. The summed E-state index contributed by atoms with van der Waals surface area (Å²) in [5, 5.41) is 10.4. The second-order valence-electron chi connectivity index (χ2n) is 4.30. The molecular formula is C14H15ClO5. The van der Waals surface area contributed by atoms with Gasteiger partial charge in [0.2, 0.25) is 0 Å². The van der Waals surface area contributed by atoms with Gasteiger partial charge in [-0.2, -0.15) is 0 Å². The number of aliphatic hydroxyl groups excluding tert-OH is 1. The first-order valence-electron chi connectivity index (χ1n) is 6.08. The average Bonchev–Trinajstić information content (AvgIpc) is 2.70. The van der Waals surface area contributed by atoms with Gasteiger partial charge in [-0.25, -0.2) is 4.79 Å². The van der Waals surface area contributed by atoms with Crippen molar-refractivity contribution in [1.82, 2.24) is 0 Å². The Hall–Kier alpha value is -1.72. The lowest BCUT2D eigenvalue weighted by Crippen LogP contribution is -2.12. The van der Waals surface area contributed by atoms with Crippen LogP contribution < -0.4 is 9.47 Å².